The highest BCUT2D eigenvalue weighted by atomic mass is 35.5. The van der Waals surface area contributed by atoms with Crippen LogP contribution in [0.4, 0.5) is 14.9 Å². The van der Waals surface area contributed by atoms with Gasteiger partial charge < -0.3 is 14.2 Å². The van der Waals surface area contributed by atoms with E-state index in [1.165, 1.54) is 30.7 Å². The number of fused-ring (bicyclic) bond motifs is 2. The summed E-state index contributed by atoms with van der Waals surface area (Å²) in [5, 5.41) is 3.73. The molecule has 2 aromatic carbocycles. The summed E-state index contributed by atoms with van der Waals surface area (Å²) >= 11 is 7.70. The van der Waals surface area contributed by atoms with Crippen molar-refractivity contribution in [2.75, 3.05) is 12.4 Å². The lowest BCUT2D eigenvalue weighted by Crippen LogP contribution is -2.32. The number of amides is 1. The van der Waals surface area contributed by atoms with Gasteiger partial charge in [-0.25, -0.2) is 24.1 Å². The molecule has 2 atom stereocenters. The Morgan fingerprint density at radius 2 is 1.84 bits per heavy atom. The van der Waals surface area contributed by atoms with Crippen LogP contribution in [0.3, 0.4) is 0 Å². The number of carbonyl (C=O) groups excluding carboxylic acids is 1. The third-order valence-electron chi connectivity index (χ3n) is 6.52. The van der Waals surface area contributed by atoms with E-state index in [1.54, 1.807) is 44.3 Å². The average molecular weight is 624 g/mol. The first-order chi connectivity index (χ1) is 20.4. The summed E-state index contributed by atoms with van der Waals surface area (Å²) < 4.78 is 32.3. The van der Waals surface area contributed by atoms with Gasteiger partial charge in [-0.15, -0.1) is 11.3 Å². The van der Waals surface area contributed by atoms with Crippen LogP contribution < -0.4 is 14.8 Å². The first-order valence-electron chi connectivity index (χ1n) is 13.6. The number of hydrogen-bond donors (Lipinski definition) is 1. The number of aromatic nitrogens is 4. The van der Waals surface area contributed by atoms with E-state index in [4.69, 9.17) is 25.8 Å². The topological polar surface area (TPSA) is 108 Å². The maximum atomic E-state index is 15.1. The highest BCUT2D eigenvalue weighted by Crippen LogP contribution is 2.38. The van der Waals surface area contributed by atoms with Gasteiger partial charge in [0.15, 0.2) is 11.6 Å². The molecule has 0 aliphatic rings. The molecule has 0 saturated carbocycles. The van der Waals surface area contributed by atoms with Crippen LogP contribution in [0.25, 0.3) is 31.8 Å². The lowest BCUT2D eigenvalue weighted by molar-refractivity contribution is 0.0402. The van der Waals surface area contributed by atoms with E-state index in [1.807, 2.05) is 6.07 Å². The molecule has 0 bridgehead atoms. The van der Waals surface area contributed by atoms with Crippen molar-refractivity contribution in [2.24, 2.45) is 5.41 Å². The number of pyridine rings is 1. The van der Waals surface area contributed by atoms with Gasteiger partial charge in [-0.1, -0.05) is 32.4 Å². The minimum absolute atomic E-state index is 0.0187. The second-order valence-electron chi connectivity index (χ2n) is 11.3. The highest BCUT2D eigenvalue weighted by molar-refractivity contribution is 7.21. The van der Waals surface area contributed by atoms with Crippen LogP contribution in [0.2, 0.25) is 5.02 Å². The fourth-order valence-electron chi connectivity index (χ4n) is 4.32. The third-order valence-corrected chi connectivity index (χ3v) is 7.79. The summed E-state index contributed by atoms with van der Waals surface area (Å²) in [6.07, 6.45) is 1.93. The smallest absolute Gasteiger partial charge is 0.412 e. The SMILES string of the molecule is COc1cnc2c(-c3nc4cc(F)c(O[C@@H](C)[C@@H](C)OC(=O)Nc5ccc(CC(C)(C)C)nc5)cc4s3)cc(Cl)cc2n1. The predicted octanol–water partition coefficient (Wildman–Crippen LogP) is 8.10. The summed E-state index contributed by atoms with van der Waals surface area (Å²) in [4.78, 5) is 30.4. The van der Waals surface area contributed by atoms with Crippen LogP contribution in [0, 0.1) is 11.2 Å². The van der Waals surface area contributed by atoms with E-state index in [0.29, 0.717) is 48.4 Å². The molecule has 224 valence electrons. The number of halogens is 2. The highest BCUT2D eigenvalue weighted by Gasteiger charge is 2.22. The van der Waals surface area contributed by atoms with Crippen molar-refractivity contribution >= 4 is 56.0 Å². The van der Waals surface area contributed by atoms with Crippen molar-refractivity contribution < 1.29 is 23.4 Å². The number of benzene rings is 2. The molecule has 1 amide bonds. The van der Waals surface area contributed by atoms with Gasteiger partial charge in [0, 0.05) is 28.4 Å². The lowest BCUT2D eigenvalue weighted by Gasteiger charge is -2.22. The Labute approximate surface area is 257 Å². The maximum absolute atomic E-state index is 15.1. The third kappa shape index (κ3) is 7.29. The Bertz CT molecular complexity index is 1790. The molecule has 5 aromatic rings. The van der Waals surface area contributed by atoms with Gasteiger partial charge in [-0.3, -0.25) is 10.3 Å². The molecule has 0 saturated heterocycles. The predicted molar refractivity (Wildman–Crippen MR) is 167 cm³/mol. The Hall–Kier alpha value is -4.09. The largest absolute Gasteiger partial charge is 0.484 e. The maximum Gasteiger partial charge on any atom is 0.412 e. The average Bonchev–Trinajstić information content (AvgIpc) is 3.35. The van der Waals surface area contributed by atoms with Crippen molar-refractivity contribution in [3.8, 4) is 22.2 Å². The molecular weight excluding hydrogens is 593 g/mol. The van der Waals surface area contributed by atoms with Crippen molar-refractivity contribution in [3.63, 3.8) is 0 Å². The van der Waals surface area contributed by atoms with Crippen LogP contribution in [0.15, 0.2) is 48.8 Å². The van der Waals surface area contributed by atoms with Crippen LogP contribution >= 0.6 is 22.9 Å². The number of anilines is 1. The van der Waals surface area contributed by atoms with Crippen LogP contribution in [0.1, 0.15) is 40.3 Å². The Morgan fingerprint density at radius 1 is 1.05 bits per heavy atom. The fourth-order valence-corrected chi connectivity index (χ4v) is 5.53. The molecule has 0 fully saturated rings. The normalized spacial score (nSPS) is 13.1. The van der Waals surface area contributed by atoms with Gasteiger partial charge in [0.25, 0.3) is 0 Å². The van der Waals surface area contributed by atoms with Crippen molar-refractivity contribution in [1.29, 1.82) is 0 Å². The zero-order chi connectivity index (χ0) is 30.9. The molecule has 0 unspecified atom stereocenters. The lowest BCUT2D eigenvalue weighted by atomic mass is 9.90. The zero-order valence-corrected chi connectivity index (χ0v) is 26.1. The van der Waals surface area contributed by atoms with Crippen molar-refractivity contribution in [2.45, 2.75) is 53.2 Å². The van der Waals surface area contributed by atoms with E-state index in [9.17, 15) is 4.79 Å². The molecule has 0 aliphatic carbocycles. The number of ether oxygens (including phenoxy) is 3. The minimum atomic E-state index is -0.686. The Balaban J connectivity index is 1.28. The van der Waals surface area contributed by atoms with E-state index in [-0.39, 0.29) is 11.2 Å². The molecule has 3 aromatic heterocycles. The minimum Gasteiger partial charge on any atom is -0.484 e. The molecule has 0 spiro atoms. The molecule has 0 aliphatic heterocycles. The summed E-state index contributed by atoms with van der Waals surface area (Å²) in [6, 6.07) is 10.00. The number of methoxy groups -OCH3 is 1. The first kappa shape index (κ1) is 30.4. The number of thiazole rings is 1. The summed E-state index contributed by atoms with van der Waals surface area (Å²) in [6.45, 7) is 9.79. The summed E-state index contributed by atoms with van der Waals surface area (Å²) in [5.41, 5.74) is 3.82. The van der Waals surface area contributed by atoms with Crippen molar-refractivity contribution in [1.82, 2.24) is 19.9 Å². The van der Waals surface area contributed by atoms with E-state index in [0.717, 1.165) is 12.1 Å². The second kappa shape index (κ2) is 12.3. The Morgan fingerprint density at radius 3 is 2.53 bits per heavy atom. The zero-order valence-electron chi connectivity index (χ0n) is 24.6. The monoisotopic (exact) mass is 623 g/mol. The van der Waals surface area contributed by atoms with Gasteiger partial charge >= 0.3 is 6.09 Å². The van der Waals surface area contributed by atoms with Crippen LogP contribution in [-0.4, -0.2) is 45.3 Å². The van der Waals surface area contributed by atoms with E-state index < -0.39 is 24.1 Å². The van der Waals surface area contributed by atoms with E-state index >= 15 is 4.39 Å². The first-order valence-corrected chi connectivity index (χ1v) is 14.8. The Kier molecular flexibility index (Phi) is 8.66. The molecule has 12 heteroatoms. The number of hydrogen-bond acceptors (Lipinski definition) is 9. The number of carbonyl (C=O) groups is 1. The second-order valence-corrected chi connectivity index (χ2v) is 12.8. The van der Waals surface area contributed by atoms with Gasteiger partial charge in [0.2, 0.25) is 5.88 Å². The van der Waals surface area contributed by atoms with Crippen molar-refractivity contribution in [3.05, 3.63) is 65.3 Å². The van der Waals surface area contributed by atoms with Crippen LogP contribution in [-0.2, 0) is 11.2 Å². The van der Waals surface area contributed by atoms with Gasteiger partial charge in [-0.2, -0.15) is 0 Å². The number of nitrogens with zero attached hydrogens (tertiary/aromatic N) is 4. The summed E-state index contributed by atoms with van der Waals surface area (Å²) in [5.74, 6) is -0.208. The molecule has 9 nitrogen and oxygen atoms in total. The molecule has 5 rings (SSSR count). The summed E-state index contributed by atoms with van der Waals surface area (Å²) in [7, 11) is 1.51. The molecule has 1 N–H and O–H groups in total. The molecule has 43 heavy (non-hydrogen) atoms. The quantitative estimate of drug-likeness (QED) is 0.185. The molecule has 0 radical (unpaired) electrons. The molecule has 3 heterocycles. The number of nitrogens with one attached hydrogen (secondary N) is 1. The molecular formula is C31H31ClFN5O4S. The fraction of sp³-hybridized carbons (Fsp3) is 0.323. The van der Waals surface area contributed by atoms with Crippen LogP contribution in [0.5, 0.6) is 11.6 Å². The van der Waals surface area contributed by atoms with E-state index in [2.05, 4.69) is 46.0 Å². The van der Waals surface area contributed by atoms with Gasteiger partial charge in [-0.05, 0) is 49.9 Å². The van der Waals surface area contributed by atoms with Gasteiger partial charge in [0.1, 0.15) is 17.2 Å². The van der Waals surface area contributed by atoms with Gasteiger partial charge in [0.05, 0.1) is 46.4 Å². The number of rotatable bonds is 8. The standard InChI is InChI=1S/C31H31ClFN5O4S/c1-16(17(2)42-30(39)36-20-8-7-19(34-14-20)13-31(3,4)5)41-25-12-26-23(11-22(25)33)38-29(43-26)21-9-18(32)10-24-28(21)35-15-27(37-24)40-6/h7-12,14-17H,13H2,1-6H3,(H,36,39)/t16-,17+/m0/s1.